The van der Waals surface area contributed by atoms with Gasteiger partial charge in [0.1, 0.15) is 0 Å². The van der Waals surface area contributed by atoms with E-state index in [4.69, 9.17) is 5.73 Å². The number of nitrogen functional groups attached to an aromatic ring is 1. The van der Waals surface area contributed by atoms with Crippen molar-refractivity contribution in [2.24, 2.45) is 5.92 Å². The highest BCUT2D eigenvalue weighted by Gasteiger charge is 2.05. The molecule has 0 fully saturated rings. The molecule has 0 spiro atoms. The van der Waals surface area contributed by atoms with Crippen LogP contribution in [0.2, 0.25) is 0 Å². The molecule has 3 N–H and O–H groups in total. The number of nitrogens with one attached hydrogen (secondary N) is 1. The van der Waals surface area contributed by atoms with E-state index in [2.05, 4.69) is 24.1 Å². The summed E-state index contributed by atoms with van der Waals surface area (Å²) in [5.74, 6) is 0.796. The fraction of sp³-hybridized carbons (Fsp3) is 0.333. The number of rotatable bonds is 5. The number of hydrogen-bond donors (Lipinski definition) is 2. The number of benzene rings is 1. The molecule has 0 radical (unpaired) electrons. The van der Waals surface area contributed by atoms with Crippen LogP contribution >= 0.6 is 0 Å². The van der Waals surface area contributed by atoms with Crippen molar-refractivity contribution in [2.45, 2.75) is 26.9 Å². The number of anilines is 2. The van der Waals surface area contributed by atoms with Crippen molar-refractivity contribution in [2.75, 3.05) is 11.1 Å². The smallest absolute Gasteiger partial charge is 0.293 e. The van der Waals surface area contributed by atoms with Gasteiger partial charge < -0.3 is 15.6 Å². The molecule has 5 heteroatoms. The molecule has 0 aliphatic carbocycles. The summed E-state index contributed by atoms with van der Waals surface area (Å²) in [5.41, 5.74) is 7.33. The van der Waals surface area contributed by atoms with Crippen molar-refractivity contribution < 1.29 is 0 Å². The van der Waals surface area contributed by atoms with Gasteiger partial charge in [0.15, 0.2) is 5.82 Å². The summed E-state index contributed by atoms with van der Waals surface area (Å²) < 4.78 is 1.68. The molecule has 1 aromatic heterocycles. The van der Waals surface area contributed by atoms with Crippen LogP contribution in [0.25, 0.3) is 0 Å². The lowest BCUT2D eigenvalue weighted by atomic mass is 10.2. The number of hydrogen-bond acceptors (Lipinski definition) is 4. The predicted molar refractivity (Wildman–Crippen MR) is 81.5 cm³/mol. The predicted octanol–water partition coefficient (Wildman–Crippen LogP) is 2.09. The van der Waals surface area contributed by atoms with Crippen LogP contribution in [-0.2, 0) is 13.1 Å². The topological polar surface area (TPSA) is 72.9 Å². The lowest BCUT2D eigenvalue weighted by Gasteiger charge is -2.11. The van der Waals surface area contributed by atoms with Gasteiger partial charge in [-0.2, -0.15) is 0 Å². The molecule has 0 saturated carbocycles. The summed E-state index contributed by atoms with van der Waals surface area (Å²) in [6, 6.07) is 7.54. The zero-order valence-corrected chi connectivity index (χ0v) is 11.8. The Labute approximate surface area is 118 Å². The fourth-order valence-electron chi connectivity index (χ4n) is 1.93. The van der Waals surface area contributed by atoms with Crippen LogP contribution in [0.3, 0.4) is 0 Å². The second kappa shape index (κ2) is 6.23. The van der Waals surface area contributed by atoms with Crippen LogP contribution in [0.5, 0.6) is 0 Å². The van der Waals surface area contributed by atoms with Gasteiger partial charge in [-0.1, -0.05) is 26.0 Å². The quantitative estimate of drug-likeness (QED) is 0.817. The first-order valence-electron chi connectivity index (χ1n) is 6.70. The Hall–Kier alpha value is -2.30. The lowest BCUT2D eigenvalue weighted by Crippen LogP contribution is -2.25. The van der Waals surface area contributed by atoms with Crippen molar-refractivity contribution in [1.82, 2.24) is 9.55 Å². The maximum atomic E-state index is 12.2. The van der Waals surface area contributed by atoms with Crippen LogP contribution in [0, 0.1) is 5.92 Å². The Morgan fingerprint density at radius 1 is 1.30 bits per heavy atom. The van der Waals surface area contributed by atoms with E-state index in [-0.39, 0.29) is 5.56 Å². The molecule has 106 valence electrons. The molecule has 2 aromatic rings. The molecule has 5 nitrogen and oxygen atoms in total. The van der Waals surface area contributed by atoms with E-state index in [1.807, 2.05) is 24.3 Å². The van der Waals surface area contributed by atoms with E-state index in [0.717, 1.165) is 11.3 Å². The van der Waals surface area contributed by atoms with E-state index in [0.29, 0.717) is 24.8 Å². The van der Waals surface area contributed by atoms with Crippen molar-refractivity contribution in [3.05, 3.63) is 52.6 Å². The van der Waals surface area contributed by atoms with Crippen LogP contribution in [0.4, 0.5) is 11.5 Å². The number of nitrogens with zero attached hydrogens (tertiary/aromatic N) is 2. The number of nitrogens with two attached hydrogens (primary N) is 1. The van der Waals surface area contributed by atoms with E-state index in [1.54, 1.807) is 17.0 Å². The third-order valence-electron chi connectivity index (χ3n) is 2.92. The summed E-state index contributed by atoms with van der Waals surface area (Å²) >= 11 is 0. The first kappa shape index (κ1) is 14.1. The van der Waals surface area contributed by atoms with Gasteiger partial charge in [-0.15, -0.1) is 0 Å². The van der Waals surface area contributed by atoms with E-state index in [1.165, 1.54) is 0 Å². The zero-order chi connectivity index (χ0) is 14.5. The highest BCUT2D eigenvalue weighted by molar-refractivity contribution is 5.40. The van der Waals surface area contributed by atoms with E-state index < -0.39 is 0 Å². The Morgan fingerprint density at radius 3 is 2.65 bits per heavy atom. The van der Waals surface area contributed by atoms with Gasteiger partial charge in [0.25, 0.3) is 5.56 Å². The van der Waals surface area contributed by atoms with Gasteiger partial charge in [0.2, 0.25) is 0 Å². The van der Waals surface area contributed by atoms with E-state index >= 15 is 0 Å². The largest absolute Gasteiger partial charge is 0.399 e. The zero-order valence-electron chi connectivity index (χ0n) is 11.8. The summed E-state index contributed by atoms with van der Waals surface area (Å²) in [4.78, 5) is 16.3. The normalized spacial score (nSPS) is 10.8. The molecule has 1 aromatic carbocycles. The van der Waals surface area contributed by atoms with Crippen molar-refractivity contribution >= 4 is 11.5 Å². The summed E-state index contributed by atoms with van der Waals surface area (Å²) in [7, 11) is 0. The second-order valence-corrected chi connectivity index (χ2v) is 5.22. The maximum absolute atomic E-state index is 12.2. The van der Waals surface area contributed by atoms with Gasteiger partial charge in [-0.25, -0.2) is 4.98 Å². The first-order chi connectivity index (χ1) is 9.56. The summed E-state index contributed by atoms with van der Waals surface area (Å²) in [6.45, 7) is 5.40. The van der Waals surface area contributed by atoms with Gasteiger partial charge in [0, 0.05) is 31.2 Å². The van der Waals surface area contributed by atoms with E-state index in [9.17, 15) is 4.79 Å². The van der Waals surface area contributed by atoms with Crippen LogP contribution in [-0.4, -0.2) is 9.55 Å². The SMILES string of the molecule is CC(C)Cn1ccnc(NCc2ccc(N)cc2)c1=O. The second-order valence-electron chi connectivity index (χ2n) is 5.22. The minimum Gasteiger partial charge on any atom is -0.399 e. The average molecular weight is 272 g/mol. The van der Waals surface area contributed by atoms with Crippen molar-refractivity contribution in [1.29, 1.82) is 0 Å². The lowest BCUT2D eigenvalue weighted by molar-refractivity contribution is 0.509. The molecule has 0 unspecified atom stereocenters. The van der Waals surface area contributed by atoms with Gasteiger partial charge >= 0.3 is 0 Å². The molecule has 0 amide bonds. The minimum absolute atomic E-state index is 0.0864. The van der Waals surface area contributed by atoms with Crippen LogP contribution in [0.1, 0.15) is 19.4 Å². The average Bonchev–Trinajstić information content (AvgIpc) is 2.41. The Bertz CT molecular complexity index is 617. The molecule has 0 saturated heterocycles. The molecule has 0 atom stereocenters. The Balaban J connectivity index is 2.10. The van der Waals surface area contributed by atoms with Crippen LogP contribution in [0.15, 0.2) is 41.5 Å². The molecule has 0 bridgehead atoms. The minimum atomic E-state index is -0.0864. The fourth-order valence-corrected chi connectivity index (χ4v) is 1.93. The molecule has 1 heterocycles. The summed E-state index contributed by atoms with van der Waals surface area (Å²) in [6.07, 6.45) is 3.37. The summed E-state index contributed by atoms with van der Waals surface area (Å²) in [5, 5.41) is 3.08. The number of aromatic nitrogens is 2. The molecule has 0 aliphatic rings. The van der Waals surface area contributed by atoms with Crippen molar-refractivity contribution in [3.8, 4) is 0 Å². The van der Waals surface area contributed by atoms with Crippen LogP contribution < -0.4 is 16.6 Å². The first-order valence-corrected chi connectivity index (χ1v) is 6.70. The molecular formula is C15H20N4O. The third kappa shape index (κ3) is 3.60. The molecule has 2 rings (SSSR count). The van der Waals surface area contributed by atoms with Crippen molar-refractivity contribution in [3.63, 3.8) is 0 Å². The van der Waals surface area contributed by atoms with Gasteiger partial charge in [-0.05, 0) is 23.6 Å². The molecule has 20 heavy (non-hydrogen) atoms. The highest BCUT2D eigenvalue weighted by atomic mass is 16.1. The monoisotopic (exact) mass is 272 g/mol. The highest BCUT2D eigenvalue weighted by Crippen LogP contribution is 2.07. The standard InChI is InChI=1S/C15H20N4O/c1-11(2)10-19-8-7-17-14(15(19)20)18-9-12-3-5-13(16)6-4-12/h3-8,11H,9-10,16H2,1-2H3,(H,17,18). The van der Waals surface area contributed by atoms with Gasteiger partial charge in [-0.3, -0.25) is 4.79 Å². The Kier molecular flexibility index (Phi) is 4.40. The molecule has 0 aliphatic heterocycles. The third-order valence-corrected chi connectivity index (χ3v) is 2.92. The molecular weight excluding hydrogens is 252 g/mol. The Morgan fingerprint density at radius 2 is 2.00 bits per heavy atom. The van der Waals surface area contributed by atoms with Gasteiger partial charge in [0.05, 0.1) is 0 Å². The maximum Gasteiger partial charge on any atom is 0.293 e.